The predicted molar refractivity (Wildman–Crippen MR) is 56.9 cm³/mol. The highest BCUT2D eigenvalue weighted by Crippen LogP contribution is 2.14. The largest absolute Gasteiger partial charge is 0.233 e. The minimum atomic E-state index is 0.808. The molecule has 0 amide bonds. The van der Waals surface area contributed by atoms with Crippen LogP contribution in [0.4, 0.5) is 0 Å². The van der Waals surface area contributed by atoms with E-state index in [1.165, 1.54) is 0 Å². The maximum absolute atomic E-state index is 4.39. The quantitative estimate of drug-likeness (QED) is 0.681. The summed E-state index contributed by atoms with van der Waals surface area (Å²) in [6.07, 6.45) is 0. The smallest absolute Gasteiger partial charge is 0.159 e. The molecule has 70 valence electrons. The number of aromatic nitrogens is 2. The molecule has 1 heterocycles. The Balaban J connectivity index is 2.52. The number of aryl methyl sites for hydroxylation is 2. The molecule has 1 aromatic carbocycles. The maximum atomic E-state index is 4.39. The van der Waals surface area contributed by atoms with Crippen LogP contribution >= 0.6 is 0 Å². The normalized spacial score (nSPS) is 10.1. The van der Waals surface area contributed by atoms with Crippen molar-refractivity contribution in [1.82, 2.24) is 9.97 Å². The monoisotopic (exact) mass is 184 g/mol. The molecule has 0 bridgehead atoms. The summed E-state index contributed by atoms with van der Waals surface area (Å²) in [5.41, 5.74) is 3.09. The fourth-order valence-corrected chi connectivity index (χ4v) is 1.44. The van der Waals surface area contributed by atoms with Crippen molar-refractivity contribution in [1.29, 1.82) is 0 Å². The molecule has 0 aliphatic rings. The third-order valence-corrected chi connectivity index (χ3v) is 2.01. The van der Waals surface area contributed by atoms with Gasteiger partial charge in [0.1, 0.15) is 0 Å². The first kappa shape index (κ1) is 8.88. The van der Waals surface area contributed by atoms with E-state index in [9.17, 15) is 0 Å². The van der Waals surface area contributed by atoms with Gasteiger partial charge in [0.2, 0.25) is 0 Å². The second kappa shape index (κ2) is 3.58. The van der Waals surface area contributed by atoms with Gasteiger partial charge < -0.3 is 0 Å². The summed E-state index contributed by atoms with van der Waals surface area (Å²) in [6.45, 7) is 3.97. The van der Waals surface area contributed by atoms with Crippen LogP contribution in [0.1, 0.15) is 11.4 Å². The summed E-state index contributed by atoms with van der Waals surface area (Å²) in [6, 6.07) is 12.0. The average Bonchev–Trinajstić information content (AvgIpc) is 2.18. The molecule has 0 N–H and O–H groups in total. The third-order valence-electron chi connectivity index (χ3n) is 2.01. The van der Waals surface area contributed by atoms with Gasteiger partial charge in [-0.05, 0) is 19.9 Å². The Hall–Kier alpha value is -1.70. The van der Waals surface area contributed by atoms with Crippen molar-refractivity contribution in [3.05, 3.63) is 47.8 Å². The number of benzene rings is 1. The topological polar surface area (TPSA) is 25.8 Å². The van der Waals surface area contributed by atoms with Crippen molar-refractivity contribution in [3.63, 3.8) is 0 Å². The van der Waals surface area contributed by atoms with Crippen LogP contribution in [0.15, 0.2) is 36.4 Å². The van der Waals surface area contributed by atoms with E-state index >= 15 is 0 Å². The second-order valence-electron chi connectivity index (χ2n) is 3.34. The summed E-state index contributed by atoms with van der Waals surface area (Å²) in [5, 5.41) is 0. The van der Waals surface area contributed by atoms with Crippen LogP contribution in [0.2, 0.25) is 0 Å². The van der Waals surface area contributed by atoms with Crippen molar-refractivity contribution in [2.45, 2.75) is 13.8 Å². The molecule has 2 aromatic rings. The molecule has 2 heteroatoms. The zero-order chi connectivity index (χ0) is 9.97. The highest BCUT2D eigenvalue weighted by atomic mass is 14.9. The molecule has 2 nitrogen and oxygen atoms in total. The second-order valence-corrected chi connectivity index (χ2v) is 3.34. The molecular formula is C12H12N2. The first-order valence-corrected chi connectivity index (χ1v) is 4.63. The number of hydrogen-bond acceptors (Lipinski definition) is 2. The molecule has 1 aromatic heterocycles. The molecular weight excluding hydrogens is 172 g/mol. The summed E-state index contributed by atoms with van der Waals surface area (Å²) < 4.78 is 0. The van der Waals surface area contributed by atoms with Gasteiger partial charge in [-0.3, -0.25) is 0 Å². The molecule has 0 unspecified atom stereocenters. The number of hydrogen-bond donors (Lipinski definition) is 0. The number of rotatable bonds is 1. The minimum absolute atomic E-state index is 0.808. The van der Waals surface area contributed by atoms with Crippen molar-refractivity contribution >= 4 is 0 Å². The summed E-state index contributed by atoms with van der Waals surface area (Å²) in [5.74, 6) is 0.808. The Labute approximate surface area is 83.7 Å². The van der Waals surface area contributed by atoms with Crippen LogP contribution in [-0.4, -0.2) is 9.97 Å². The average molecular weight is 184 g/mol. The van der Waals surface area contributed by atoms with Gasteiger partial charge in [-0.1, -0.05) is 30.3 Å². The Morgan fingerprint density at radius 3 is 2.00 bits per heavy atom. The first-order valence-electron chi connectivity index (χ1n) is 4.63. The van der Waals surface area contributed by atoms with Crippen molar-refractivity contribution in [2.75, 3.05) is 0 Å². The van der Waals surface area contributed by atoms with E-state index in [-0.39, 0.29) is 0 Å². The van der Waals surface area contributed by atoms with Gasteiger partial charge >= 0.3 is 0 Å². The zero-order valence-electron chi connectivity index (χ0n) is 8.36. The molecule has 14 heavy (non-hydrogen) atoms. The van der Waals surface area contributed by atoms with Gasteiger partial charge in [0, 0.05) is 17.0 Å². The van der Waals surface area contributed by atoms with Crippen LogP contribution in [0, 0.1) is 13.8 Å². The van der Waals surface area contributed by atoms with E-state index in [1.54, 1.807) is 0 Å². The minimum Gasteiger partial charge on any atom is -0.233 e. The Morgan fingerprint density at radius 1 is 0.857 bits per heavy atom. The van der Waals surface area contributed by atoms with Crippen molar-refractivity contribution in [2.24, 2.45) is 0 Å². The molecule has 0 saturated carbocycles. The molecule has 0 radical (unpaired) electrons. The van der Waals surface area contributed by atoms with E-state index < -0.39 is 0 Å². The maximum Gasteiger partial charge on any atom is 0.159 e. The van der Waals surface area contributed by atoms with Crippen molar-refractivity contribution in [3.8, 4) is 11.4 Å². The van der Waals surface area contributed by atoms with E-state index in [2.05, 4.69) is 9.97 Å². The highest BCUT2D eigenvalue weighted by Gasteiger charge is 2.01. The van der Waals surface area contributed by atoms with Crippen LogP contribution in [-0.2, 0) is 0 Å². The van der Waals surface area contributed by atoms with Gasteiger partial charge in [-0.15, -0.1) is 0 Å². The summed E-state index contributed by atoms with van der Waals surface area (Å²) >= 11 is 0. The SMILES string of the molecule is Cc1cc(C)nc(-c2ccccc2)n1. The lowest BCUT2D eigenvalue weighted by atomic mass is 10.2. The van der Waals surface area contributed by atoms with E-state index in [4.69, 9.17) is 0 Å². The lowest BCUT2D eigenvalue weighted by molar-refractivity contribution is 1.06. The van der Waals surface area contributed by atoms with Gasteiger partial charge in [0.25, 0.3) is 0 Å². The van der Waals surface area contributed by atoms with Crippen LogP contribution in [0.3, 0.4) is 0 Å². The van der Waals surface area contributed by atoms with Crippen LogP contribution in [0.5, 0.6) is 0 Å². The summed E-state index contributed by atoms with van der Waals surface area (Å²) in [4.78, 5) is 8.79. The molecule has 2 rings (SSSR count). The first-order chi connectivity index (χ1) is 6.75. The Bertz CT molecular complexity index is 415. The van der Waals surface area contributed by atoms with Crippen LogP contribution in [0.25, 0.3) is 11.4 Å². The lowest BCUT2D eigenvalue weighted by Gasteiger charge is -2.02. The van der Waals surface area contributed by atoms with Gasteiger partial charge in [-0.2, -0.15) is 0 Å². The van der Waals surface area contributed by atoms with Crippen LogP contribution < -0.4 is 0 Å². The number of nitrogens with zero attached hydrogens (tertiary/aromatic N) is 2. The fraction of sp³-hybridized carbons (Fsp3) is 0.167. The fourth-order valence-electron chi connectivity index (χ4n) is 1.44. The summed E-state index contributed by atoms with van der Waals surface area (Å²) in [7, 11) is 0. The lowest BCUT2D eigenvalue weighted by Crippen LogP contribution is -1.93. The molecule has 0 spiro atoms. The standard InChI is InChI=1S/C12H12N2/c1-9-8-10(2)14-12(13-9)11-6-4-3-5-7-11/h3-8H,1-2H3. The molecule has 0 saturated heterocycles. The van der Waals surface area contributed by atoms with E-state index in [0.717, 1.165) is 22.8 Å². The Morgan fingerprint density at radius 2 is 1.43 bits per heavy atom. The zero-order valence-corrected chi connectivity index (χ0v) is 8.36. The molecule has 0 atom stereocenters. The highest BCUT2D eigenvalue weighted by molar-refractivity contribution is 5.54. The predicted octanol–water partition coefficient (Wildman–Crippen LogP) is 2.76. The van der Waals surface area contributed by atoms with E-state index in [0.29, 0.717) is 0 Å². The van der Waals surface area contributed by atoms with E-state index in [1.807, 2.05) is 50.2 Å². The Kier molecular flexibility index (Phi) is 2.27. The van der Waals surface area contributed by atoms with Gasteiger partial charge in [0.15, 0.2) is 5.82 Å². The van der Waals surface area contributed by atoms with Crippen molar-refractivity contribution < 1.29 is 0 Å². The molecule has 0 aliphatic carbocycles. The van der Waals surface area contributed by atoms with Gasteiger partial charge in [-0.25, -0.2) is 9.97 Å². The third kappa shape index (κ3) is 1.79. The molecule has 0 fully saturated rings. The van der Waals surface area contributed by atoms with Gasteiger partial charge in [0.05, 0.1) is 0 Å². The molecule has 0 aliphatic heterocycles.